The van der Waals surface area contributed by atoms with E-state index in [1.54, 1.807) is 12.1 Å². The van der Waals surface area contributed by atoms with Crippen LogP contribution in [0.25, 0.3) is 0 Å². The van der Waals surface area contributed by atoms with Gasteiger partial charge in [-0.2, -0.15) is 0 Å². The molecule has 1 aromatic rings. The lowest BCUT2D eigenvalue weighted by molar-refractivity contribution is 0.0475. The highest BCUT2D eigenvalue weighted by Gasteiger charge is 2.34. The first kappa shape index (κ1) is 16.0. The van der Waals surface area contributed by atoms with Crippen LogP contribution in [-0.2, 0) is 0 Å². The predicted molar refractivity (Wildman–Crippen MR) is 82.7 cm³/mol. The van der Waals surface area contributed by atoms with E-state index in [-0.39, 0.29) is 23.8 Å². The highest BCUT2D eigenvalue weighted by Crippen LogP contribution is 2.21. The summed E-state index contributed by atoms with van der Waals surface area (Å²) < 4.78 is 13.4. The Kier molecular flexibility index (Phi) is 4.99. The van der Waals surface area contributed by atoms with Crippen LogP contribution < -0.4 is 5.32 Å². The first-order chi connectivity index (χ1) is 9.90. The van der Waals surface area contributed by atoms with Crippen molar-refractivity contribution in [2.24, 2.45) is 11.8 Å². The molecule has 0 radical (unpaired) electrons. The lowest BCUT2D eigenvalue weighted by Gasteiger charge is -2.43. The van der Waals surface area contributed by atoms with Crippen molar-refractivity contribution in [3.63, 3.8) is 0 Å². The third-order valence-electron chi connectivity index (χ3n) is 4.29. The Morgan fingerprint density at radius 3 is 2.57 bits per heavy atom. The summed E-state index contributed by atoms with van der Waals surface area (Å²) in [4.78, 5) is 14.7. The maximum atomic E-state index is 13.4. The highest BCUT2D eigenvalue weighted by molar-refractivity contribution is 5.94. The summed E-state index contributed by atoms with van der Waals surface area (Å²) in [6, 6.07) is 6.41. The number of carbonyl (C=O) groups is 1. The van der Waals surface area contributed by atoms with Gasteiger partial charge in [0.15, 0.2) is 0 Å². The highest BCUT2D eigenvalue weighted by atomic mass is 19.1. The van der Waals surface area contributed by atoms with Crippen molar-refractivity contribution in [1.82, 2.24) is 10.2 Å². The van der Waals surface area contributed by atoms with Crippen molar-refractivity contribution in [2.75, 3.05) is 13.1 Å². The smallest absolute Gasteiger partial charge is 0.254 e. The summed E-state index contributed by atoms with van der Waals surface area (Å²) in [5.74, 6) is 0.391. The van der Waals surface area contributed by atoms with Crippen LogP contribution in [-0.4, -0.2) is 36.0 Å². The van der Waals surface area contributed by atoms with Gasteiger partial charge in [-0.15, -0.1) is 0 Å². The molecular weight excluding hydrogens is 267 g/mol. The molecule has 2 rings (SSSR count). The quantitative estimate of drug-likeness (QED) is 0.929. The summed E-state index contributed by atoms with van der Waals surface area (Å²) in [7, 11) is 0. The number of nitrogens with one attached hydrogen (secondary N) is 1. The molecule has 1 aliphatic heterocycles. The number of hydrogen-bond donors (Lipinski definition) is 1. The van der Waals surface area contributed by atoms with Crippen molar-refractivity contribution in [2.45, 2.75) is 39.8 Å². The van der Waals surface area contributed by atoms with Crippen molar-refractivity contribution in [1.29, 1.82) is 0 Å². The molecule has 4 heteroatoms. The van der Waals surface area contributed by atoms with Crippen molar-refractivity contribution in [3.05, 3.63) is 35.6 Å². The van der Waals surface area contributed by atoms with Gasteiger partial charge in [0, 0.05) is 30.7 Å². The monoisotopic (exact) mass is 292 g/mol. The van der Waals surface area contributed by atoms with Crippen LogP contribution in [0.2, 0.25) is 0 Å². The summed E-state index contributed by atoms with van der Waals surface area (Å²) >= 11 is 0. The molecular formula is C17H25FN2O. The van der Waals surface area contributed by atoms with Crippen LogP contribution in [0.5, 0.6) is 0 Å². The molecule has 0 saturated carbocycles. The van der Waals surface area contributed by atoms with Crippen LogP contribution in [0.1, 0.15) is 38.1 Å². The van der Waals surface area contributed by atoms with Crippen LogP contribution in [0.3, 0.4) is 0 Å². The Balaban J connectivity index is 2.24. The minimum Gasteiger partial charge on any atom is -0.333 e. The van der Waals surface area contributed by atoms with Crippen molar-refractivity contribution < 1.29 is 9.18 Å². The van der Waals surface area contributed by atoms with Gasteiger partial charge in [-0.1, -0.05) is 33.8 Å². The molecule has 0 bridgehead atoms. The van der Waals surface area contributed by atoms with Gasteiger partial charge in [0.1, 0.15) is 5.82 Å². The fraction of sp³-hybridized carbons (Fsp3) is 0.588. The second-order valence-corrected chi connectivity index (χ2v) is 6.54. The molecule has 2 unspecified atom stereocenters. The zero-order valence-electron chi connectivity index (χ0n) is 13.3. The molecule has 21 heavy (non-hydrogen) atoms. The number of nitrogens with zero attached hydrogens (tertiary/aromatic N) is 1. The van der Waals surface area contributed by atoms with E-state index >= 15 is 0 Å². The Morgan fingerprint density at radius 2 is 2.00 bits per heavy atom. The van der Waals surface area contributed by atoms with Gasteiger partial charge in [0.2, 0.25) is 0 Å². The number of hydrogen-bond acceptors (Lipinski definition) is 2. The molecule has 116 valence electrons. The van der Waals surface area contributed by atoms with Gasteiger partial charge in [-0.3, -0.25) is 4.79 Å². The van der Waals surface area contributed by atoms with E-state index in [1.165, 1.54) is 12.1 Å². The molecule has 1 heterocycles. The number of carbonyl (C=O) groups excluding carboxylic acids is 1. The topological polar surface area (TPSA) is 32.3 Å². The zero-order valence-corrected chi connectivity index (χ0v) is 13.3. The van der Waals surface area contributed by atoms with E-state index in [4.69, 9.17) is 0 Å². The number of amides is 1. The fourth-order valence-electron chi connectivity index (χ4n) is 2.86. The third kappa shape index (κ3) is 3.62. The van der Waals surface area contributed by atoms with Gasteiger partial charge >= 0.3 is 0 Å². The molecule has 1 aromatic carbocycles. The lowest BCUT2D eigenvalue weighted by Crippen LogP contribution is -2.61. The average molecular weight is 292 g/mol. The zero-order chi connectivity index (χ0) is 15.6. The maximum Gasteiger partial charge on any atom is 0.254 e. The molecule has 0 spiro atoms. The van der Waals surface area contributed by atoms with Gasteiger partial charge in [-0.05, 0) is 30.0 Å². The minimum absolute atomic E-state index is 0.0691. The standard InChI is InChI=1S/C17H25FN2O/c1-11(2)15-10-20(16(9-19-15)12(3)4)17(21)13-6-5-7-14(18)8-13/h5-8,11-12,15-16,19H,9-10H2,1-4H3. The minimum atomic E-state index is -0.363. The Bertz CT molecular complexity index is 501. The average Bonchev–Trinajstić information content (AvgIpc) is 2.45. The molecule has 3 nitrogen and oxygen atoms in total. The Morgan fingerprint density at radius 1 is 1.29 bits per heavy atom. The van der Waals surface area contributed by atoms with Gasteiger partial charge < -0.3 is 10.2 Å². The SMILES string of the molecule is CC(C)C1CN(C(=O)c2cccc(F)c2)C(C(C)C)CN1. The molecule has 1 aliphatic rings. The number of rotatable bonds is 3. The second kappa shape index (κ2) is 6.56. The van der Waals surface area contributed by atoms with E-state index in [0.29, 0.717) is 23.9 Å². The first-order valence-corrected chi connectivity index (χ1v) is 7.70. The van der Waals surface area contributed by atoms with Crippen LogP contribution >= 0.6 is 0 Å². The fourth-order valence-corrected chi connectivity index (χ4v) is 2.86. The number of halogens is 1. The molecule has 1 fully saturated rings. The normalized spacial score (nSPS) is 22.9. The summed E-state index contributed by atoms with van der Waals surface area (Å²) in [6.45, 7) is 10.0. The molecule has 1 N–H and O–H groups in total. The van der Waals surface area contributed by atoms with Crippen molar-refractivity contribution in [3.8, 4) is 0 Å². The van der Waals surface area contributed by atoms with E-state index in [1.807, 2.05) is 4.90 Å². The van der Waals surface area contributed by atoms with E-state index in [0.717, 1.165) is 6.54 Å². The Labute approximate surface area is 126 Å². The van der Waals surface area contributed by atoms with Crippen LogP contribution in [0.4, 0.5) is 4.39 Å². The molecule has 1 saturated heterocycles. The summed E-state index contributed by atoms with van der Waals surface area (Å²) in [6.07, 6.45) is 0. The van der Waals surface area contributed by atoms with Gasteiger partial charge in [0.25, 0.3) is 5.91 Å². The molecule has 2 atom stereocenters. The predicted octanol–water partition coefficient (Wildman–Crippen LogP) is 2.92. The van der Waals surface area contributed by atoms with Crippen LogP contribution in [0.15, 0.2) is 24.3 Å². The first-order valence-electron chi connectivity index (χ1n) is 7.70. The lowest BCUT2D eigenvalue weighted by atomic mass is 9.93. The van der Waals surface area contributed by atoms with Gasteiger partial charge in [-0.25, -0.2) is 4.39 Å². The number of piperazine rings is 1. The molecule has 0 aromatic heterocycles. The van der Waals surface area contributed by atoms with Crippen molar-refractivity contribution >= 4 is 5.91 Å². The third-order valence-corrected chi connectivity index (χ3v) is 4.29. The second-order valence-electron chi connectivity index (χ2n) is 6.54. The largest absolute Gasteiger partial charge is 0.333 e. The van der Waals surface area contributed by atoms with E-state index < -0.39 is 0 Å². The molecule has 1 amide bonds. The van der Waals surface area contributed by atoms with E-state index in [9.17, 15) is 9.18 Å². The number of benzene rings is 1. The summed E-state index contributed by atoms with van der Waals surface area (Å²) in [5.41, 5.74) is 0.435. The van der Waals surface area contributed by atoms with Crippen LogP contribution in [0, 0.1) is 17.7 Å². The maximum absolute atomic E-state index is 13.4. The molecule has 0 aliphatic carbocycles. The Hall–Kier alpha value is -1.42. The van der Waals surface area contributed by atoms with Gasteiger partial charge in [0.05, 0.1) is 0 Å². The summed E-state index contributed by atoms with van der Waals surface area (Å²) in [5, 5.41) is 3.53. The van der Waals surface area contributed by atoms with E-state index in [2.05, 4.69) is 33.0 Å².